The molecule has 0 heterocycles. The van der Waals surface area contributed by atoms with E-state index in [1.807, 2.05) is 31.2 Å². The molecule has 0 aliphatic carbocycles. The molecule has 0 bridgehead atoms. The first kappa shape index (κ1) is 23.9. The van der Waals surface area contributed by atoms with Gasteiger partial charge in [0.25, 0.3) is 5.91 Å². The molecule has 4 aromatic rings. The zero-order valence-electron chi connectivity index (χ0n) is 19.1. The fraction of sp³-hybridized carbons (Fsp3) is 0.103. The Morgan fingerprint density at radius 2 is 1.71 bits per heavy atom. The van der Waals surface area contributed by atoms with Crippen molar-refractivity contribution >= 4 is 40.0 Å². The van der Waals surface area contributed by atoms with Crippen LogP contribution in [0.3, 0.4) is 0 Å². The molecule has 35 heavy (non-hydrogen) atoms. The summed E-state index contributed by atoms with van der Waals surface area (Å²) in [6.45, 7) is 2.71. The highest BCUT2D eigenvalue weighted by molar-refractivity contribution is 6.30. The van der Waals surface area contributed by atoms with Gasteiger partial charge in [-0.05, 0) is 77.4 Å². The summed E-state index contributed by atoms with van der Waals surface area (Å²) in [6.07, 6.45) is 1.51. The molecule has 1 N–H and O–H groups in total. The van der Waals surface area contributed by atoms with Gasteiger partial charge in [-0.2, -0.15) is 5.26 Å². The number of nitrogens with zero attached hydrogens (tertiary/aromatic N) is 1. The van der Waals surface area contributed by atoms with Gasteiger partial charge in [-0.15, -0.1) is 0 Å². The molecule has 0 spiro atoms. The first-order valence-electron chi connectivity index (χ1n) is 11.1. The second kappa shape index (κ2) is 11.2. The molecule has 0 saturated heterocycles. The number of fused-ring (bicyclic) bond motifs is 1. The normalized spacial score (nSPS) is 11.1. The molecule has 4 rings (SSSR count). The average Bonchev–Trinajstić information content (AvgIpc) is 2.88. The van der Waals surface area contributed by atoms with Crippen LogP contribution in [0.4, 0.5) is 5.69 Å². The van der Waals surface area contributed by atoms with Crippen molar-refractivity contribution in [1.29, 1.82) is 5.26 Å². The van der Waals surface area contributed by atoms with Gasteiger partial charge in [0.15, 0.2) is 11.5 Å². The fourth-order valence-corrected chi connectivity index (χ4v) is 3.66. The van der Waals surface area contributed by atoms with Crippen LogP contribution in [-0.2, 0) is 11.4 Å². The number of benzene rings is 4. The molecule has 0 unspecified atom stereocenters. The summed E-state index contributed by atoms with van der Waals surface area (Å²) in [4.78, 5) is 12.6. The highest BCUT2D eigenvalue weighted by Crippen LogP contribution is 2.30. The summed E-state index contributed by atoms with van der Waals surface area (Å²) < 4.78 is 11.8. The van der Waals surface area contributed by atoms with E-state index in [1.165, 1.54) is 11.5 Å². The number of carbonyl (C=O) groups excluding carboxylic acids is 1. The van der Waals surface area contributed by atoms with Crippen molar-refractivity contribution in [3.8, 4) is 17.6 Å². The maximum atomic E-state index is 12.6. The van der Waals surface area contributed by atoms with Gasteiger partial charge >= 0.3 is 0 Å². The van der Waals surface area contributed by atoms with Crippen LogP contribution in [0.1, 0.15) is 18.1 Å². The van der Waals surface area contributed by atoms with Crippen LogP contribution in [-0.4, -0.2) is 12.5 Å². The Morgan fingerprint density at radius 3 is 2.46 bits per heavy atom. The molecule has 6 heteroatoms. The molecule has 0 saturated carbocycles. The van der Waals surface area contributed by atoms with Gasteiger partial charge < -0.3 is 14.8 Å². The molecule has 0 fully saturated rings. The van der Waals surface area contributed by atoms with E-state index in [2.05, 4.69) is 29.6 Å². The molecule has 0 aliphatic rings. The molecular formula is C29H23ClN2O3. The largest absolute Gasteiger partial charge is 0.490 e. The Labute approximate surface area is 209 Å². The minimum Gasteiger partial charge on any atom is -0.490 e. The van der Waals surface area contributed by atoms with Gasteiger partial charge in [0.1, 0.15) is 18.2 Å². The third-order valence-corrected chi connectivity index (χ3v) is 5.51. The monoisotopic (exact) mass is 482 g/mol. The van der Waals surface area contributed by atoms with E-state index in [4.69, 9.17) is 21.1 Å². The lowest BCUT2D eigenvalue weighted by Gasteiger charge is -2.13. The van der Waals surface area contributed by atoms with E-state index in [0.29, 0.717) is 41.0 Å². The molecule has 1 amide bonds. The maximum absolute atomic E-state index is 12.6. The predicted octanol–water partition coefficient (Wildman–Crippen LogP) is 7.02. The minimum atomic E-state index is -0.510. The molecule has 0 atom stereocenters. The van der Waals surface area contributed by atoms with Crippen LogP contribution in [0.25, 0.3) is 16.8 Å². The zero-order valence-corrected chi connectivity index (χ0v) is 19.9. The lowest BCUT2D eigenvalue weighted by Crippen LogP contribution is -2.13. The van der Waals surface area contributed by atoms with Crippen LogP contribution in [0.5, 0.6) is 11.5 Å². The van der Waals surface area contributed by atoms with Gasteiger partial charge in [0.05, 0.1) is 6.61 Å². The first-order chi connectivity index (χ1) is 17.1. The van der Waals surface area contributed by atoms with Crippen LogP contribution in [0.2, 0.25) is 5.02 Å². The van der Waals surface area contributed by atoms with Gasteiger partial charge in [-0.3, -0.25) is 4.79 Å². The average molecular weight is 483 g/mol. The van der Waals surface area contributed by atoms with Gasteiger partial charge in [-0.1, -0.05) is 54.1 Å². The summed E-state index contributed by atoms with van der Waals surface area (Å²) in [5.74, 6) is 0.614. The minimum absolute atomic E-state index is 0.0350. The molecule has 174 valence electrons. The maximum Gasteiger partial charge on any atom is 0.266 e. The Bertz CT molecular complexity index is 1420. The molecule has 0 aromatic heterocycles. The highest BCUT2D eigenvalue weighted by atomic mass is 35.5. The Morgan fingerprint density at radius 1 is 0.943 bits per heavy atom. The predicted molar refractivity (Wildman–Crippen MR) is 140 cm³/mol. The van der Waals surface area contributed by atoms with Crippen molar-refractivity contribution in [2.75, 3.05) is 11.9 Å². The topological polar surface area (TPSA) is 71.3 Å². The number of amides is 1. The molecule has 4 aromatic carbocycles. The second-order valence-electron chi connectivity index (χ2n) is 7.74. The number of hydrogen-bond donors (Lipinski definition) is 1. The van der Waals surface area contributed by atoms with E-state index in [9.17, 15) is 10.1 Å². The van der Waals surface area contributed by atoms with E-state index in [-0.39, 0.29) is 5.57 Å². The number of anilines is 1. The van der Waals surface area contributed by atoms with E-state index in [0.717, 1.165) is 10.9 Å². The van der Waals surface area contributed by atoms with Crippen molar-refractivity contribution in [3.05, 3.63) is 107 Å². The van der Waals surface area contributed by atoms with E-state index in [1.54, 1.807) is 42.5 Å². The molecule has 0 aliphatic heterocycles. The third kappa shape index (κ3) is 6.20. The summed E-state index contributed by atoms with van der Waals surface area (Å²) in [5, 5.41) is 15.1. The molecular weight excluding hydrogens is 460 g/mol. The van der Waals surface area contributed by atoms with Gasteiger partial charge in [-0.25, -0.2) is 0 Å². The van der Waals surface area contributed by atoms with Crippen molar-refractivity contribution in [2.45, 2.75) is 13.5 Å². The third-order valence-electron chi connectivity index (χ3n) is 5.25. The number of rotatable bonds is 8. The van der Waals surface area contributed by atoms with Crippen LogP contribution < -0.4 is 14.8 Å². The fourth-order valence-electron chi connectivity index (χ4n) is 3.54. The van der Waals surface area contributed by atoms with Crippen molar-refractivity contribution in [1.82, 2.24) is 0 Å². The highest BCUT2D eigenvalue weighted by Gasteiger charge is 2.12. The van der Waals surface area contributed by atoms with Crippen LogP contribution in [0, 0.1) is 11.3 Å². The zero-order chi connectivity index (χ0) is 24.6. The number of ether oxygens (including phenoxy) is 2. The standard InChI is InChI=1S/C29H23ClN2O3/c1-2-34-28-17-20(15-24(18-31)29(33)32-26-12-10-25(30)11-13-26)8-14-27(28)35-19-21-7-9-22-5-3-4-6-23(22)16-21/h3-17H,2,19H2,1H3,(H,32,33)/b24-15-. The summed E-state index contributed by atoms with van der Waals surface area (Å²) in [6, 6.07) is 28.3. The summed E-state index contributed by atoms with van der Waals surface area (Å²) in [7, 11) is 0. The van der Waals surface area contributed by atoms with Crippen LogP contribution >= 0.6 is 11.6 Å². The van der Waals surface area contributed by atoms with Gasteiger partial charge in [0.2, 0.25) is 0 Å². The lowest BCUT2D eigenvalue weighted by molar-refractivity contribution is -0.112. The van der Waals surface area contributed by atoms with Gasteiger partial charge in [0, 0.05) is 10.7 Å². The number of nitriles is 1. The van der Waals surface area contributed by atoms with Crippen molar-refractivity contribution in [3.63, 3.8) is 0 Å². The summed E-state index contributed by atoms with van der Waals surface area (Å²) in [5.41, 5.74) is 2.20. The van der Waals surface area contributed by atoms with Crippen LogP contribution in [0.15, 0.2) is 90.5 Å². The van der Waals surface area contributed by atoms with E-state index < -0.39 is 5.91 Å². The Kier molecular flexibility index (Phi) is 7.67. The SMILES string of the molecule is CCOc1cc(/C=C(/C#N)C(=O)Nc2ccc(Cl)cc2)ccc1OCc1ccc2ccccc2c1. The number of hydrogen-bond acceptors (Lipinski definition) is 4. The lowest BCUT2D eigenvalue weighted by atomic mass is 10.1. The number of nitrogens with one attached hydrogen (secondary N) is 1. The Balaban J connectivity index is 1.51. The Hall–Kier alpha value is -4.27. The van der Waals surface area contributed by atoms with Crippen molar-refractivity contribution < 1.29 is 14.3 Å². The number of carbonyl (C=O) groups is 1. The quantitative estimate of drug-likeness (QED) is 0.216. The molecule has 0 radical (unpaired) electrons. The van der Waals surface area contributed by atoms with E-state index >= 15 is 0 Å². The molecule has 5 nitrogen and oxygen atoms in total. The first-order valence-corrected chi connectivity index (χ1v) is 11.5. The second-order valence-corrected chi connectivity index (χ2v) is 8.18. The smallest absolute Gasteiger partial charge is 0.266 e. The summed E-state index contributed by atoms with van der Waals surface area (Å²) >= 11 is 5.88. The van der Waals surface area contributed by atoms with Crippen molar-refractivity contribution in [2.24, 2.45) is 0 Å². The number of halogens is 1.